The van der Waals surface area contributed by atoms with Crippen LogP contribution >= 0.6 is 0 Å². The van der Waals surface area contributed by atoms with Gasteiger partial charge in [0.15, 0.2) is 0 Å². The van der Waals surface area contributed by atoms with Crippen LogP contribution in [0.4, 0.5) is 0 Å². The second-order valence-electron chi connectivity index (χ2n) is 5.37. The third kappa shape index (κ3) is 0.512. The summed E-state index contributed by atoms with van der Waals surface area (Å²) < 4.78 is 0. The average Bonchev–Trinajstić information content (AvgIpc) is 2.56. The largest absolute Gasteiger partial charge is 0.299 e. The van der Waals surface area contributed by atoms with Crippen LogP contribution in [-0.2, 0) is 4.79 Å². The Labute approximate surface area is 78.2 Å². The summed E-state index contributed by atoms with van der Waals surface area (Å²) >= 11 is 0. The van der Waals surface area contributed by atoms with Gasteiger partial charge in [-0.1, -0.05) is 18.6 Å². The number of fused-ring (bicyclic) bond motifs is 6. The first-order valence-electron chi connectivity index (χ1n) is 5.56. The minimum absolute atomic E-state index is 0.217. The molecule has 0 aromatic rings. The van der Waals surface area contributed by atoms with Crippen molar-refractivity contribution in [2.45, 2.75) is 25.7 Å². The summed E-state index contributed by atoms with van der Waals surface area (Å²) in [6.07, 6.45) is 9.71. The van der Waals surface area contributed by atoms with Gasteiger partial charge in [-0.2, -0.15) is 0 Å². The van der Waals surface area contributed by atoms with Crippen LogP contribution in [0, 0.1) is 29.1 Å². The lowest BCUT2D eigenvalue weighted by Gasteiger charge is -2.59. The normalized spacial score (nSPS) is 53.4. The van der Waals surface area contributed by atoms with Crippen molar-refractivity contribution in [3.63, 3.8) is 0 Å². The molecule has 0 amide bonds. The molecule has 0 aromatic heterocycles. The summed E-state index contributed by atoms with van der Waals surface area (Å²) in [4.78, 5) is 12.0. The number of carbonyl (C=O) groups is 1. The molecule has 0 radical (unpaired) electrons. The quantitative estimate of drug-likeness (QED) is 0.514. The average molecular weight is 174 g/mol. The maximum atomic E-state index is 12.0. The summed E-state index contributed by atoms with van der Waals surface area (Å²) in [7, 11) is 0. The molecule has 0 heterocycles. The molecule has 0 saturated heterocycles. The van der Waals surface area contributed by atoms with Gasteiger partial charge >= 0.3 is 0 Å². The van der Waals surface area contributed by atoms with Crippen molar-refractivity contribution in [3.8, 4) is 0 Å². The van der Waals surface area contributed by atoms with Crippen molar-refractivity contribution in [2.75, 3.05) is 0 Å². The monoisotopic (exact) mass is 174 g/mol. The van der Waals surface area contributed by atoms with Gasteiger partial charge < -0.3 is 0 Å². The third-order valence-electron chi connectivity index (χ3n) is 5.14. The molecule has 0 unspecified atom stereocenters. The minimum atomic E-state index is 0.217. The predicted octanol–water partition coefficient (Wildman–Crippen LogP) is 2.18. The molecular weight excluding hydrogens is 160 g/mol. The lowest BCUT2D eigenvalue weighted by Crippen LogP contribution is -2.62. The minimum Gasteiger partial charge on any atom is -0.299 e. The number of hydrogen-bond acceptors (Lipinski definition) is 1. The number of allylic oxidation sites excluding steroid dienone is 2. The number of Topliss-reactive ketones (excluding diaryl/α,β-unsaturated/α-hetero) is 1. The molecule has 4 atom stereocenters. The van der Waals surface area contributed by atoms with E-state index in [1.807, 2.05) is 0 Å². The van der Waals surface area contributed by atoms with E-state index >= 15 is 0 Å². The fraction of sp³-hybridized carbons (Fsp3) is 0.750. The second kappa shape index (κ2) is 1.77. The molecule has 2 bridgehead atoms. The summed E-state index contributed by atoms with van der Waals surface area (Å²) in [5.74, 6) is 3.32. The maximum absolute atomic E-state index is 12.0. The van der Waals surface area contributed by atoms with Crippen LogP contribution in [-0.4, -0.2) is 5.78 Å². The zero-order valence-electron chi connectivity index (χ0n) is 7.70. The van der Waals surface area contributed by atoms with Crippen molar-refractivity contribution in [1.82, 2.24) is 0 Å². The molecule has 1 heteroatoms. The Morgan fingerprint density at radius 1 is 1.23 bits per heavy atom. The van der Waals surface area contributed by atoms with Gasteiger partial charge in [-0.05, 0) is 37.0 Å². The summed E-state index contributed by atoms with van der Waals surface area (Å²) in [5.41, 5.74) is 0.217. The number of hydrogen-bond donors (Lipinski definition) is 0. The SMILES string of the molecule is O=C1[C@@H]2[C@@H]([C@H]3C=C[C@@H]2C3)C12CCC2. The second-order valence-corrected chi connectivity index (χ2v) is 5.37. The van der Waals surface area contributed by atoms with Gasteiger partial charge in [0, 0.05) is 11.3 Å². The third-order valence-corrected chi connectivity index (χ3v) is 5.14. The molecule has 1 nitrogen and oxygen atoms in total. The van der Waals surface area contributed by atoms with Gasteiger partial charge in [-0.15, -0.1) is 0 Å². The van der Waals surface area contributed by atoms with Crippen molar-refractivity contribution in [1.29, 1.82) is 0 Å². The fourth-order valence-electron chi connectivity index (χ4n) is 4.47. The number of carbonyl (C=O) groups excluding carboxylic acids is 1. The lowest BCUT2D eigenvalue weighted by molar-refractivity contribution is -0.170. The van der Waals surface area contributed by atoms with Gasteiger partial charge in [0.25, 0.3) is 0 Å². The van der Waals surface area contributed by atoms with Gasteiger partial charge in [0.2, 0.25) is 0 Å². The Kier molecular flexibility index (Phi) is 0.928. The van der Waals surface area contributed by atoms with Crippen LogP contribution in [0.15, 0.2) is 12.2 Å². The van der Waals surface area contributed by atoms with Crippen LogP contribution in [0.5, 0.6) is 0 Å². The standard InChI is InChI=1S/C12H14O/c13-11-9-7-2-3-8(6-7)10(9)12(11)4-1-5-12/h2-3,7-10H,1,4-6H2/t7-,8+,9+,10-/m1/s1. The van der Waals surface area contributed by atoms with Crippen molar-refractivity contribution < 1.29 is 4.79 Å². The maximum Gasteiger partial charge on any atom is 0.143 e. The summed E-state index contributed by atoms with van der Waals surface area (Å²) in [5, 5.41) is 0. The van der Waals surface area contributed by atoms with E-state index in [1.54, 1.807) is 0 Å². The molecule has 0 aliphatic heterocycles. The highest BCUT2D eigenvalue weighted by atomic mass is 16.1. The Morgan fingerprint density at radius 3 is 2.69 bits per heavy atom. The highest BCUT2D eigenvalue weighted by molar-refractivity contribution is 5.96. The molecule has 4 aliphatic carbocycles. The molecule has 3 fully saturated rings. The number of rotatable bonds is 0. The molecule has 4 aliphatic rings. The Balaban J connectivity index is 1.80. The Hall–Kier alpha value is -0.590. The Morgan fingerprint density at radius 2 is 2.00 bits per heavy atom. The molecule has 4 rings (SSSR count). The molecular formula is C12H14O. The molecule has 13 heavy (non-hydrogen) atoms. The van der Waals surface area contributed by atoms with E-state index in [0.717, 1.165) is 11.8 Å². The molecule has 68 valence electrons. The van der Waals surface area contributed by atoms with Gasteiger partial charge in [0.05, 0.1) is 0 Å². The molecule has 1 spiro atoms. The van der Waals surface area contributed by atoms with E-state index < -0.39 is 0 Å². The topological polar surface area (TPSA) is 17.1 Å². The van der Waals surface area contributed by atoms with E-state index in [-0.39, 0.29) is 5.41 Å². The zero-order chi connectivity index (χ0) is 8.63. The number of ketones is 1. The summed E-state index contributed by atoms with van der Waals surface area (Å²) in [6.45, 7) is 0. The smallest absolute Gasteiger partial charge is 0.143 e. The highest BCUT2D eigenvalue weighted by Crippen LogP contribution is 2.70. The fourth-order valence-corrected chi connectivity index (χ4v) is 4.47. The van der Waals surface area contributed by atoms with E-state index in [1.165, 1.54) is 25.7 Å². The van der Waals surface area contributed by atoms with Crippen LogP contribution in [0.2, 0.25) is 0 Å². The van der Waals surface area contributed by atoms with E-state index in [2.05, 4.69) is 12.2 Å². The Bertz CT molecular complexity index is 324. The van der Waals surface area contributed by atoms with Crippen molar-refractivity contribution >= 4 is 5.78 Å². The van der Waals surface area contributed by atoms with E-state index in [4.69, 9.17) is 0 Å². The first kappa shape index (κ1) is 6.80. The van der Waals surface area contributed by atoms with Crippen LogP contribution in [0.3, 0.4) is 0 Å². The van der Waals surface area contributed by atoms with Gasteiger partial charge in [-0.25, -0.2) is 0 Å². The molecule has 0 aromatic carbocycles. The highest BCUT2D eigenvalue weighted by Gasteiger charge is 2.70. The van der Waals surface area contributed by atoms with Gasteiger partial charge in [-0.3, -0.25) is 4.79 Å². The van der Waals surface area contributed by atoms with Crippen LogP contribution in [0.25, 0.3) is 0 Å². The predicted molar refractivity (Wildman–Crippen MR) is 49.0 cm³/mol. The van der Waals surface area contributed by atoms with Crippen molar-refractivity contribution in [2.24, 2.45) is 29.1 Å². The van der Waals surface area contributed by atoms with Crippen LogP contribution in [0.1, 0.15) is 25.7 Å². The van der Waals surface area contributed by atoms with E-state index in [0.29, 0.717) is 17.6 Å². The molecule has 0 N–H and O–H groups in total. The van der Waals surface area contributed by atoms with Crippen molar-refractivity contribution in [3.05, 3.63) is 12.2 Å². The zero-order valence-corrected chi connectivity index (χ0v) is 7.70. The summed E-state index contributed by atoms with van der Waals surface area (Å²) in [6, 6.07) is 0. The first-order chi connectivity index (χ1) is 6.33. The van der Waals surface area contributed by atoms with Gasteiger partial charge in [0.1, 0.15) is 5.78 Å². The first-order valence-corrected chi connectivity index (χ1v) is 5.56. The molecule has 3 saturated carbocycles. The van der Waals surface area contributed by atoms with Crippen LogP contribution < -0.4 is 0 Å². The lowest BCUT2D eigenvalue weighted by atomic mass is 9.42. The van der Waals surface area contributed by atoms with E-state index in [9.17, 15) is 4.79 Å².